The topological polar surface area (TPSA) is 76.1 Å². The van der Waals surface area contributed by atoms with Crippen molar-refractivity contribution in [3.63, 3.8) is 0 Å². The molecule has 0 radical (unpaired) electrons. The molecular formula is C27H24FNO5. The van der Waals surface area contributed by atoms with Gasteiger partial charge in [0.2, 0.25) is 0 Å². The maximum Gasteiger partial charge on any atom is 0.300 e. The Bertz CT molecular complexity index is 1280. The number of ether oxygens (including phenoxy) is 2. The van der Waals surface area contributed by atoms with Crippen molar-refractivity contribution in [2.24, 2.45) is 0 Å². The van der Waals surface area contributed by atoms with Gasteiger partial charge >= 0.3 is 0 Å². The van der Waals surface area contributed by atoms with Gasteiger partial charge in [0.05, 0.1) is 24.8 Å². The number of ketones is 1. The summed E-state index contributed by atoms with van der Waals surface area (Å²) in [5.41, 5.74) is 0.494. The monoisotopic (exact) mass is 461 g/mol. The Morgan fingerprint density at radius 1 is 0.971 bits per heavy atom. The van der Waals surface area contributed by atoms with Gasteiger partial charge in [0, 0.05) is 22.9 Å². The first-order chi connectivity index (χ1) is 16.3. The Morgan fingerprint density at radius 2 is 1.68 bits per heavy atom. The van der Waals surface area contributed by atoms with E-state index in [4.69, 9.17) is 9.47 Å². The molecule has 1 aliphatic rings. The third kappa shape index (κ3) is 4.24. The number of carbonyl (C=O) groups excluding carboxylic acids is 2. The molecule has 1 N–H and O–H groups in total. The van der Waals surface area contributed by atoms with Crippen LogP contribution in [0.3, 0.4) is 0 Å². The second-order valence-corrected chi connectivity index (χ2v) is 8.09. The molecule has 0 aliphatic carbocycles. The maximum atomic E-state index is 15.0. The summed E-state index contributed by atoms with van der Waals surface area (Å²) >= 11 is 0. The van der Waals surface area contributed by atoms with Gasteiger partial charge in [0.1, 0.15) is 23.1 Å². The van der Waals surface area contributed by atoms with Crippen molar-refractivity contribution < 1.29 is 28.6 Å². The van der Waals surface area contributed by atoms with Crippen molar-refractivity contribution in [3.05, 3.63) is 95.3 Å². The number of aliphatic hydroxyl groups is 1. The summed E-state index contributed by atoms with van der Waals surface area (Å²) < 4.78 is 25.9. The van der Waals surface area contributed by atoms with Crippen LogP contribution >= 0.6 is 0 Å². The summed E-state index contributed by atoms with van der Waals surface area (Å²) in [7, 11) is 1.48. The van der Waals surface area contributed by atoms with Crippen LogP contribution in [0.2, 0.25) is 0 Å². The number of rotatable bonds is 6. The number of nitrogens with zero attached hydrogens (tertiary/aromatic N) is 1. The van der Waals surface area contributed by atoms with E-state index in [9.17, 15) is 19.1 Å². The first kappa shape index (κ1) is 23.0. The SMILES string of the molecule is COc1cccc(N2C(=O)C(=O)/C(=C(/O)c3cccc(OC(C)C)c3)C2c2ccccc2F)c1. The molecule has 4 rings (SSSR count). The Kier molecular flexibility index (Phi) is 6.36. The molecule has 1 aliphatic heterocycles. The van der Waals surface area contributed by atoms with Crippen LogP contribution < -0.4 is 14.4 Å². The highest BCUT2D eigenvalue weighted by atomic mass is 19.1. The van der Waals surface area contributed by atoms with E-state index in [0.29, 0.717) is 17.2 Å². The lowest BCUT2D eigenvalue weighted by Gasteiger charge is -2.26. The van der Waals surface area contributed by atoms with Gasteiger partial charge in [-0.25, -0.2) is 4.39 Å². The van der Waals surface area contributed by atoms with Crippen molar-refractivity contribution in [1.29, 1.82) is 0 Å². The predicted molar refractivity (Wildman–Crippen MR) is 126 cm³/mol. The van der Waals surface area contributed by atoms with Crippen molar-refractivity contribution >= 4 is 23.1 Å². The number of methoxy groups -OCH3 is 1. The highest BCUT2D eigenvalue weighted by Crippen LogP contribution is 2.43. The number of Topliss-reactive ketones (excluding diaryl/α,β-unsaturated/α-hetero) is 1. The second kappa shape index (κ2) is 9.39. The van der Waals surface area contributed by atoms with E-state index in [1.807, 2.05) is 13.8 Å². The fourth-order valence-corrected chi connectivity index (χ4v) is 3.99. The van der Waals surface area contributed by atoms with Gasteiger partial charge < -0.3 is 14.6 Å². The van der Waals surface area contributed by atoms with Gasteiger partial charge in [-0.2, -0.15) is 0 Å². The molecule has 1 amide bonds. The highest BCUT2D eigenvalue weighted by Gasteiger charge is 2.47. The molecule has 0 aromatic heterocycles. The smallest absolute Gasteiger partial charge is 0.300 e. The van der Waals surface area contributed by atoms with Crippen LogP contribution in [0.1, 0.15) is 31.0 Å². The lowest BCUT2D eigenvalue weighted by Crippen LogP contribution is -2.29. The van der Waals surface area contributed by atoms with Gasteiger partial charge in [0.15, 0.2) is 0 Å². The van der Waals surface area contributed by atoms with E-state index in [-0.39, 0.29) is 22.8 Å². The molecule has 1 heterocycles. The standard InChI is InChI=1S/C27H24FNO5/c1-16(2)34-20-11-6-8-17(14-20)25(30)23-24(21-12-4-5-13-22(21)28)29(27(32)26(23)31)18-9-7-10-19(15-18)33-3/h4-16,24,30H,1-3H3/b25-23+. The van der Waals surface area contributed by atoms with E-state index in [2.05, 4.69) is 0 Å². The van der Waals surface area contributed by atoms with Crippen LogP contribution in [0.25, 0.3) is 5.76 Å². The Morgan fingerprint density at radius 3 is 2.38 bits per heavy atom. The molecule has 3 aromatic carbocycles. The summed E-state index contributed by atoms with van der Waals surface area (Å²) in [6, 6.07) is 17.8. The zero-order valence-electron chi connectivity index (χ0n) is 19.0. The van der Waals surface area contributed by atoms with E-state index < -0.39 is 29.3 Å². The van der Waals surface area contributed by atoms with E-state index in [0.717, 1.165) is 0 Å². The van der Waals surface area contributed by atoms with Crippen molar-refractivity contribution in [1.82, 2.24) is 0 Å². The minimum Gasteiger partial charge on any atom is -0.507 e. The van der Waals surface area contributed by atoms with Crippen LogP contribution in [0.5, 0.6) is 11.5 Å². The molecular weight excluding hydrogens is 437 g/mol. The normalized spacial score (nSPS) is 17.3. The minimum absolute atomic E-state index is 0.0839. The Hall–Kier alpha value is -4.13. The number of amides is 1. The summed E-state index contributed by atoms with van der Waals surface area (Å²) in [5, 5.41) is 11.2. The van der Waals surface area contributed by atoms with Gasteiger partial charge in [-0.05, 0) is 44.2 Å². The molecule has 1 atom stereocenters. The van der Waals surface area contributed by atoms with Crippen LogP contribution in [-0.4, -0.2) is 30.0 Å². The third-order valence-corrected chi connectivity index (χ3v) is 5.45. The molecule has 1 saturated heterocycles. The number of anilines is 1. The molecule has 0 saturated carbocycles. The Balaban J connectivity index is 1.93. The minimum atomic E-state index is -1.18. The van der Waals surface area contributed by atoms with Gasteiger partial charge in [0.25, 0.3) is 11.7 Å². The van der Waals surface area contributed by atoms with Crippen LogP contribution in [0.4, 0.5) is 10.1 Å². The Labute approximate surface area is 196 Å². The number of hydrogen-bond donors (Lipinski definition) is 1. The quantitative estimate of drug-likeness (QED) is 0.308. The van der Waals surface area contributed by atoms with Crippen LogP contribution in [0.15, 0.2) is 78.4 Å². The molecule has 0 spiro atoms. The summed E-state index contributed by atoms with van der Waals surface area (Å²) in [6.45, 7) is 3.73. The number of carbonyl (C=O) groups is 2. The first-order valence-corrected chi connectivity index (χ1v) is 10.8. The van der Waals surface area contributed by atoms with Crippen LogP contribution in [0, 0.1) is 5.82 Å². The summed E-state index contributed by atoms with van der Waals surface area (Å²) in [4.78, 5) is 27.6. The third-order valence-electron chi connectivity index (χ3n) is 5.45. The predicted octanol–water partition coefficient (Wildman–Crippen LogP) is 5.25. The van der Waals surface area contributed by atoms with Crippen molar-refractivity contribution in [2.45, 2.75) is 26.0 Å². The number of halogens is 1. The number of hydrogen-bond acceptors (Lipinski definition) is 5. The lowest BCUT2D eigenvalue weighted by atomic mass is 9.94. The summed E-state index contributed by atoms with van der Waals surface area (Å²) in [5.74, 6) is -1.86. The average molecular weight is 461 g/mol. The average Bonchev–Trinajstić information content (AvgIpc) is 3.09. The fourth-order valence-electron chi connectivity index (χ4n) is 3.99. The lowest BCUT2D eigenvalue weighted by molar-refractivity contribution is -0.132. The highest BCUT2D eigenvalue weighted by molar-refractivity contribution is 6.51. The fraction of sp³-hybridized carbons (Fsp3) is 0.185. The van der Waals surface area contributed by atoms with Gasteiger partial charge in [-0.1, -0.05) is 36.4 Å². The van der Waals surface area contributed by atoms with Crippen LogP contribution in [-0.2, 0) is 9.59 Å². The molecule has 34 heavy (non-hydrogen) atoms. The number of aliphatic hydroxyl groups excluding tert-OH is 1. The molecule has 6 nitrogen and oxygen atoms in total. The van der Waals surface area contributed by atoms with Gasteiger partial charge in [-0.15, -0.1) is 0 Å². The van der Waals surface area contributed by atoms with E-state index in [1.165, 1.54) is 30.2 Å². The second-order valence-electron chi connectivity index (χ2n) is 8.09. The molecule has 174 valence electrons. The van der Waals surface area contributed by atoms with Crippen molar-refractivity contribution in [2.75, 3.05) is 12.0 Å². The van der Waals surface area contributed by atoms with Gasteiger partial charge in [-0.3, -0.25) is 14.5 Å². The molecule has 7 heteroatoms. The first-order valence-electron chi connectivity index (χ1n) is 10.8. The zero-order chi connectivity index (χ0) is 24.4. The molecule has 1 fully saturated rings. The molecule has 3 aromatic rings. The largest absolute Gasteiger partial charge is 0.507 e. The molecule has 0 bridgehead atoms. The van der Waals surface area contributed by atoms with E-state index in [1.54, 1.807) is 54.6 Å². The zero-order valence-corrected chi connectivity index (χ0v) is 19.0. The van der Waals surface area contributed by atoms with E-state index >= 15 is 0 Å². The van der Waals surface area contributed by atoms with Crippen molar-refractivity contribution in [3.8, 4) is 11.5 Å². The number of benzene rings is 3. The maximum absolute atomic E-state index is 15.0. The summed E-state index contributed by atoms with van der Waals surface area (Å²) in [6.07, 6.45) is -0.102. The molecule has 1 unspecified atom stereocenters.